The van der Waals surface area contributed by atoms with E-state index in [1.54, 1.807) is 22.9 Å². The lowest BCUT2D eigenvalue weighted by Gasteiger charge is -2.31. The van der Waals surface area contributed by atoms with Crippen LogP contribution in [0.5, 0.6) is 0 Å². The molecule has 0 atom stereocenters. The number of fused-ring (bicyclic) bond motifs is 2. The third kappa shape index (κ3) is 4.50. The highest BCUT2D eigenvalue weighted by atomic mass is 19.1. The zero-order valence-electron chi connectivity index (χ0n) is 20.4. The van der Waals surface area contributed by atoms with Gasteiger partial charge < -0.3 is 9.47 Å². The summed E-state index contributed by atoms with van der Waals surface area (Å²) in [5.74, 6) is 0.815. The summed E-state index contributed by atoms with van der Waals surface area (Å²) in [4.78, 5) is 15.0. The van der Waals surface area contributed by atoms with Crippen LogP contribution in [0, 0.1) is 11.6 Å². The zero-order chi connectivity index (χ0) is 24.6. The predicted octanol–water partition coefficient (Wildman–Crippen LogP) is 4.54. The summed E-state index contributed by atoms with van der Waals surface area (Å²) in [7, 11) is 0. The van der Waals surface area contributed by atoms with E-state index in [9.17, 15) is 13.6 Å². The second-order valence-electron chi connectivity index (χ2n) is 10.1. The number of aryl methyl sites for hydroxylation is 1. The number of hydrogen-bond donors (Lipinski definition) is 0. The Hall–Kier alpha value is -3.26. The summed E-state index contributed by atoms with van der Waals surface area (Å²) in [6.07, 6.45) is 7.24. The van der Waals surface area contributed by atoms with Gasteiger partial charge in [0.05, 0.1) is 12.1 Å². The van der Waals surface area contributed by atoms with Crippen LogP contribution in [-0.4, -0.2) is 43.4 Å². The van der Waals surface area contributed by atoms with Crippen LogP contribution < -0.4 is 5.69 Å². The Morgan fingerprint density at radius 2 is 1.69 bits per heavy atom. The van der Waals surface area contributed by atoms with Crippen molar-refractivity contribution < 1.29 is 8.78 Å². The number of benzene rings is 2. The maximum atomic E-state index is 14.1. The molecule has 0 amide bonds. The van der Waals surface area contributed by atoms with Crippen LogP contribution in [-0.2, 0) is 26.1 Å². The molecule has 6 nitrogen and oxygen atoms in total. The highest BCUT2D eigenvalue weighted by Gasteiger charge is 2.25. The normalized spacial score (nSPS) is 17.1. The molecule has 0 bridgehead atoms. The highest BCUT2D eigenvalue weighted by Crippen LogP contribution is 2.35. The van der Waals surface area contributed by atoms with Gasteiger partial charge in [0.2, 0.25) is 0 Å². The van der Waals surface area contributed by atoms with Crippen molar-refractivity contribution in [3.8, 4) is 0 Å². The predicted molar refractivity (Wildman–Crippen MR) is 135 cm³/mol. The Balaban J connectivity index is 1.14. The first kappa shape index (κ1) is 23.2. The zero-order valence-corrected chi connectivity index (χ0v) is 20.4. The van der Waals surface area contributed by atoms with Gasteiger partial charge in [-0.25, -0.2) is 18.3 Å². The molecule has 4 heterocycles. The maximum Gasteiger partial charge on any atom is 0.345 e. The molecule has 2 aromatic carbocycles. The Morgan fingerprint density at radius 1 is 0.917 bits per heavy atom. The van der Waals surface area contributed by atoms with Gasteiger partial charge in [0.15, 0.2) is 0 Å². The van der Waals surface area contributed by atoms with Gasteiger partial charge in [-0.1, -0.05) is 12.1 Å². The van der Waals surface area contributed by atoms with Crippen molar-refractivity contribution in [2.75, 3.05) is 19.6 Å². The van der Waals surface area contributed by atoms with Gasteiger partial charge in [0, 0.05) is 37.6 Å². The molecule has 188 valence electrons. The minimum absolute atomic E-state index is 0.0285. The highest BCUT2D eigenvalue weighted by molar-refractivity contribution is 5.84. The molecule has 0 unspecified atom stereocenters. The van der Waals surface area contributed by atoms with Gasteiger partial charge in [-0.05, 0) is 86.1 Å². The van der Waals surface area contributed by atoms with E-state index < -0.39 is 0 Å². The molecule has 0 spiro atoms. The molecule has 1 saturated heterocycles. The summed E-state index contributed by atoms with van der Waals surface area (Å²) in [5.41, 5.74) is 3.14. The number of hydrogen-bond acceptors (Lipinski definition) is 3. The maximum absolute atomic E-state index is 14.1. The second kappa shape index (κ2) is 9.65. The van der Waals surface area contributed by atoms with E-state index in [2.05, 4.69) is 20.8 Å². The van der Waals surface area contributed by atoms with Crippen LogP contribution in [0.15, 0.2) is 53.5 Å². The summed E-state index contributed by atoms with van der Waals surface area (Å²) in [6.45, 7) is 4.72. The van der Waals surface area contributed by atoms with Crippen molar-refractivity contribution in [3.63, 3.8) is 0 Å². The summed E-state index contributed by atoms with van der Waals surface area (Å²) in [6, 6.07) is 11.5. The van der Waals surface area contributed by atoms with Crippen molar-refractivity contribution in [3.05, 3.63) is 87.7 Å². The Bertz CT molecular complexity index is 1430. The van der Waals surface area contributed by atoms with Crippen LogP contribution in [0.25, 0.3) is 10.9 Å². The van der Waals surface area contributed by atoms with E-state index in [4.69, 9.17) is 0 Å². The molecule has 6 rings (SSSR count). The second-order valence-corrected chi connectivity index (χ2v) is 10.1. The summed E-state index contributed by atoms with van der Waals surface area (Å²) >= 11 is 0. The molecular formula is C28H31F2N5O. The van der Waals surface area contributed by atoms with E-state index >= 15 is 0 Å². The van der Waals surface area contributed by atoms with E-state index in [1.807, 2.05) is 10.6 Å². The molecule has 0 aliphatic carbocycles. The molecule has 0 saturated carbocycles. The first-order valence-corrected chi connectivity index (χ1v) is 13.0. The molecule has 8 heteroatoms. The van der Waals surface area contributed by atoms with E-state index in [0.29, 0.717) is 19.0 Å². The van der Waals surface area contributed by atoms with Gasteiger partial charge in [-0.2, -0.15) is 5.10 Å². The lowest BCUT2D eigenvalue weighted by atomic mass is 9.89. The van der Waals surface area contributed by atoms with Crippen molar-refractivity contribution in [1.82, 2.24) is 23.8 Å². The van der Waals surface area contributed by atoms with Crippen LogP contribution in [0.2, 0.25) is 0 Å². The number of nitrogens with zero attached hydrogens (tertiary/aromatic N) is 5. The average Bonchev–Trinajstić information content (AvgIpc) is 3.41. The largest absolute Gasteiger partial charge is 0.345 e. The Labute approximate surface area is 208 Å². The fourth-order valence-electron chi connectivity index (χ4n) is 5.83. The van der Waals surface area contributed by atoms with Crippen molar-refractivity contribution >= 4 is 10.9 Å². The minimum Gasteiger partial charge on any atom is -0.343 e. The van der Waals surface area contributed by atoms with E-state index in [1.165, 1.54) is 23.8 Å². The van der Waals surface area contributed by atoms with Gasteiger partial charge in [0.1, 0.15) is 17.5 Å². The summed E-state index contributed by atoms with van der Waals surface area (Å²) in [5, 5.41) is 5.66. The standard InChI is InChI=1S/C28H31F2N5O/c29-22-6-4-20(5-7-22)18-33-19-25(24-9-8-23(30)17-26(24)33)21-10-13-32(14-11-21)15-16-35-28(36)34-12-2-1-3-27(34)31-35/h4-9,17,19,21H,1-3,10-16,18H2. The summed E-state index contributed by atoms with van der Waals surface area (Å²) < 4.78 is 33.1. The SMILES string of the molecule is O=c1n(CCN2CCC(c3cn(Cc4ccc(F)cc4)c4cc(F)ccc34)CC2)nc2n1CCCC2. The third-order valence-electron chi connectivity index (χ3n) is 7.83. The quantitative estimate of drug-likeness (QED) is 0.398. The van der Waals surface area contributed by atoms with Gasteiger partial charge in [0.25, 0.3) is 0 Å². The average molecular weight is 492 g/mol. The smallest absolute Gasteiger partial charge is 0.343 e. The molecule has 0 radical (unpaired) electrons. The van der Waals surface area contributed by atoms with Crippen LogP contribution in [0.4, 0.5) is 8.78 Å². The fourth-order valence-corrected chi connectivity index (χ4v) is 5.83. The Kier molecular flexibility index (Phi) is 6.21. The fraction of sp³-hybridized carbons (Fsp3) is 0.429. The number of likely N-dealkylation sites (tertiary alicyclic amines) is 1. The molecular weight excluding hydrogens is 460 g/mol. The molecule has 2 aliphatic rings. The van der Waals surface area contributed by atoms with E-state index in [-0.39, 0.29) is 17.3 Å². The van der Waals surface area contributed by atoms with Gasteiger partial charge in [-0.3, -0.25) is 4.57 Å². The van der Waals surface area contributed by atoms with Crippen LogP contribution in [0.1, 0.15) is 48.6 Å². The molecule has 2 aromatic heterocycles. The van der Waals surface area contributed by atoms with Crippen LogP contribution >= 0.6 is 0 Å². The topological polar surface area (TPSA) is 48.0 Å². The molecule has 36 heavy (non-hydrogen) atoms. The minimum atomic E-state index is -0.257. The molecule has 0 N–H and O–H groups in total. The van der Waals surface area contributed by atoms with Crippen LogP contribution in [0.3, 0.4) is 0 Å². The first-order valence-electron chi connectivity index (χ1n) is 13.0. The number of rotatable bonds is 6. The number of aromatic nitrogens is 4. The third-order valence-corrected chi connectivity index (χ3v) is 7.83. The molecule has 2 aliphatic heterocycles. The lowest BCUT2D eigenvalue weighted by Crippen LogP contribution is -2.37. The first-order chi connectivity index (χ1) is 17.5. The van der Waals surface area contributed by atoms with Gasteiger partial charge in [-0.15, -0.1) is 0 Å². The van der Waals surface area contributed by atoms with Gasteiger partial charge >= 0.3 is 5.69 Å². The van der Waals surface area contributed by atoms with Crippen molar-refractivity contribution in [2.45, 2.75) is 57.7 Å². The monoisotopic (exact) mass is 491 g/mol. The number of piperidine rings is 1. The Morgan fingerprint density at radius 3 is 2.47 bits per heavy atom. The van der Waals surface area contributed by atoms with E-state index in [0.717, 1.165) is 80.6 Å². The lowest BCUT2D eigenvalue weighted by molar-refractivity contribution is 0.202. The van der Waals surface area contributed by atoms with Crippen molar-refractivity contribution in [2.24, 2.45) is 0 Å². The molecule has 1 fully saturated rings. The van der Waals surface area contributed by atoms with Crippen molar-refractivity contribution in [1.29, 1.82) is 0 Å². The molecule has 4 aromatic rings. The number of halogens is 2.